The second kappa shape index (κ2) is 9.82. The molecule has 0 saturated carbocycles. The number of nitrogens with two attached hydrogens (primary N) is 1. The predicted molar refractivity (Wildman–Crippen MR) is 86.5 cm³/mol. The quantitative estimate of drug-likeness (QED) is 0.593. The van der Waals surface area contributed by atoms with E-state index in [1.807, 2.05) is 6.92 Å². The summed E-state index contributed by atoms with van der Waals surface area (Å²) in [4.78, 5) is -0.233. The minimum atomic E-state index is -3.93. The van der Waals surface area contributed by atoms with E-state index in [-0.39, 0.29) is 23.8 Å². The van der Waals surface area contributed by atoms with Crippen LogP contribution in [0.5, 0.6) is 5.75 Å². The Morgan fingerprint density at radius 2 is 2.09 bits per heavy atom. The Balaban J connectivity index is 2.98. The summed E-state index contributed by atoms with van der Waals surface area (Å²) >= 11 is 0. The van der Waals surface area contributed by atoms with Crippen LogP contribution < -0.4 is 15.2 Å². The summed E-state index contributed by atoms with van der Waals surface area (Å²) in [5, 5.41) is 0. The molecule has 0 aromatic heterocycles. The van der Waals surface area contributed by atoms with Crippen molar-refractivity contribution in [3.63, 3.8) is 0 Å². The number of benzene rings is 1. The Kier molecular flexibility index (Phi) is 8.46. The summed E-state index contributed by atoms with van der Waals surface area (Å²) < 4.78 is 51.3. The molecule has 0 fully saturated rings. The Hall–Kier alpha value is -1.22. The standard InChI is InChI=1S/C15H25FN2O4S/c1-3-4-5-13(11-17)18-23(19,20)15-10-12(16)6-7-14(15)22-9-8-21-2/h6-7,10,13,18H,3-5,8-9,11,17H2,1-2H3. The number of nitrogens with one attached hydrogen (secondary N) is 1. The second-order valence-electron chi connectivity index (χ2n) is 5.13. The van der Waals surface area contributed by atoms with Gasteiger partial charge in [-0.3, -0.25) is 0 Å². The molecule has 23 heavy (non-hydrogen) atoms. The van der Waals surface area contributed by atoms with Crippen LogP contribution >= 0.6 is 0 Å². The van der Waals surface area contributed by atoms with E-state index >= 15 is 0 Å². The molecule has 6 nitrogen and oxygen atoms in total. The summed E-state index contributed by atoms with van der Waals surface area (Å²) in [6, 6.07) is 2.99. The van der Waals surface area contributed by atoms with E-state index < -0.39 is 21.9 Å². The fourth-order valence-electron chi connectivity index (χ4n) is 2.00. The number of hydrogen-bond donors (Lipinski definition) is 2. The summed E-state index contributed by atoms with van der Waals surface area (Å²) in [5.41, 5.74) is 5.62. The highest BCUT2D eigenvalue weighted by atomic mass is 32.2. The zero-order chi connectivity index (χ0) is 17.3. The van der Waals surface area contributed by atoms with Gasteiger partial charge < -0.3 is 15.2 Å². The Morgan fingerprint density at radius 1 is 1.35 bits per heavy atom. The molecule has 132 valence electrons. The Labute approximate surface area is 137 Å². The van der Waals surface area contributed by atoms with Crippen LogP contribution in [0.2, 0.25) is 0 Å². The van der Waals surface area contributed by atoms with Crippen molar-refractivity contribution in [1.82, 2.24) is 4.72 Å². The molecular formula is C15H25FN2O4S. The van der Waals surface area contributed by atoms with Gasteiger partial charge in [-0.15, -0.1) is 0 Å². The highest BCUT2D eigenvalue weighted by Gasteiger charge is 2.23. The second-order valence-corrected chi connectivity index (χ2v) is 6.81. The van der Waals surface area contributed by atoms with Crippen molar-refractivity contribution in [2.75, 3.05) is 26.9 Å². The molecule has 0 bridgehead atoms. The molecule has 3 N–H and O–H groups in total. The molecule has 0 aliphatic rings. The first-order valence-corrected chi connectivity index (χ1v) is 9.06. The zero-order valence-corrected chi connectivity index (χ0v) is 14.4. The van der Waals surface area contributed by atoms with E-state index in [2.05, 4.69) is 4.72 Å². The van der Waals surface area contributed by atoms with Crippen LogP contribution in [0.4, 0.5) is 4.39 Å². The van der Waals surface area contributed by atoms with Crippen LogP contribution in [0.25, 0.3) is 0 Å². The normalized spacial score (nSPS) is 13.0. The topological polar surface area (TPSA) is 90.7 Å². The lowest BCUT2D eigenvalue weighted by Crippen LogP contribution is -2.40. The van der Waals surface area contributed by atoms with Gasteiger partial charge in [0.1, 0.15) is 23.1 Å². The molecule has 0 spiro atoms. The summed E-state index contributed by atoms with van der Waals surface area (Å²) in [5.74, 6) is -0.565. The van der Waals surface area contributed by atoms with Crippen LogP contribution in [0.3, 0.4) is 0 Å². The van der Waals surface area contributed by atoms with Crippen LogP contribution in [-0.2, 0) is 14.8 Å². The third-order valence-corrected chi connectivity index (χ3v) is 4.79. The van der Waals surface area contributed by atoms with Crippen LogP contribution in [0.15, 0.2) is 23.1 Å². The molecule has 1 aromatic carbocycles. The molecule has 1 unspecified atom stereocenters. The van der Waals surface area contributed by atoms with Crippen molar-refractivity contribution >= 4 is 10.0 Å². The molecule has 0 amide bonds. The Bertz CT molecular complexity index is 581. The van der Waals surface area contributed by atoms with Crippen LogP contribution in [0, 0.1) is 5.82 Å². The van der Waals surface area contributed by atoms with Gasteiger partial charge in [-0.25, -0.2) is 17.5 Å². The minimum Gasteiger partial charge on any atom is -0.490 e. The maximum atomic E-state index is 13.5. The lowest BCUT2D eigenvalue weighted by Gasteiger charge is -2.18. The molecule has 0 radical (unpaired) electrons. The van der Waals surface area contributed by atoms with E-state index in [0.29, 0.717) is 13.0 Å². The Morgan fingerprint density at radius 3 is 2.70 bits per heavy atom. The largest absolute Gasteiger partial charge is 0.490 e. The van der Waals surface area contributed by atoms with E-state index in [1.54, 1.807) is 0 Å². The monoisotopic (exact) mass is 348 g/mol. The zero-order valence-electron chi connectivity index (χ0n) is 13.5. The highest BCUT2D eigenvalue weighted by molar-refractivity contribution is 7.89. The molecule has 0 heterocycles. The molecule has 8 heteroatoms. The van der Waals surface area contributed by atoms with E-state index in [1.165, 1.54) is 13.2 Å². The number of sulfonamides is 1. The third-order valence-electron chi connectivity index (χ3n) is 3.25. The van der Waals surface area contributed by atoms with Gasteiger partial charge in [0.15, 0.2) is 0 Å². The first-order valence-electron chi connectivity index (χ1n) is 7.58. The number of ether oxygens (including phenoxy) is 2. The SMILES string of the molecule is CCCCC(CN)NS(=O)(=O)c1cc(F)ccc1OCCOC. The van der Waals surface area contributed by atoms with Crippen molar-refractivity contribution in [3.8, 4) is 5.75 Å². The van der Waals surface area contributed by atoms with Crippen molar-refractivity contribution in [3.05, 3.63) is 24.0 Å². The van der Waals surface area contributed by atoms with E-state index in [4.69, 9.17) is 15.2 Å². The maximum absolute atomic E-state index is 13.5. The minimum absolute atomic E-state index is 0.0854. The maximum Gasteiger partial charge on any atom is 0.244 e. The van der Waals surface area contributed by atoms with E-state index in [9.17, 15) is 12.8 Å². The van der Waals surface area contributed by atoms with Gasteiger partial charge >= 0.3 is 0 Å². The number of hydrogen-bond acceptors (Lipinski definition) is 5. The van der Waals surface area contributed by atoms with Crippen molar-refractivity contribution in [2.24, 2.45) is 5.73 Å². The number of halogens is 1. The average molecular weight is 348 g/mol. The fraction of sp³-hybridized carbons (Fsp3) is 0.600. The molecule has 1 atom stereocenters. The van der Waals surface area contributed by atoms with Gasteiger partial charge in [0.05, 0.1) is 6.61 Å². The molecule has 0 aliphatic heterocycles. The summed E-state index contributed by atoms with van der Waals surface area (Å²) in [6.07, 6.45) is 2.41. The smallest absolute Gasteiger partial charge is 0.244 e. The molecule has 1 aromatic rings. The number of unbranched alkanes of at least 4 members (excludes halogenated alkanes) is 1. The van der Waals surface area contributed by atoms with Crippen LogP contribution in [-0.4, -0.2) is 41.3 Å². The molecule has 0 saturated heterocycles. The highest BCUT2D eigenvalue weighted by Crippen LogP contribution is 2.25. The van der Waals surface area contributed by atoms with Gasteiger partial charge in [0.2, 0.25) is 10.0 Å². The predicted octanol–water partition coefficient (Wildman–Crippen LogP) is 1.65. The molecular weight excluding hydrogens is 323 g/mol. The average Bonchev–Trinajstić information content (AvgIpc) is 2.52. The van der Waals surface area contributed by atoms with Crippen molar-refractivity contribution in [1.29, 1.82) is 0 Å². The van der Waals surface area contributed by atoms with Gasteiger partial charge in [-0.05, 0) is 24.6 Å². The lowest BCUT2D eigenvalue weighted by atomic mass is 10.1. The van der Waals surface area contributed by atoms with Gasteiger partial charge in [0.25, 0.3) is 0 Å². The first-order chi connectivity index (χ1) is 10.9. The van der Waals surface area contributed by atoms with Gasteiger partial charge in [0, 0.05) is 19.7 Å². The van der Waals surface area contributed by atoms with Crippen molar-refractivity contribution in [2.45, 2.75) is 37.1 Å². The molecule has 0 aliphatic carbocycles. The third kappa shape index (κ3) is 6.42. The number of methoxy groups -OCH3 is 1. The lowest BCUT2D eigenvalue weighted by molar-refractivity contribution is 0.144. The fourth-order valence-corrected chi connectivity index (χ4v) is 3.44. The van der Waals surface area contributed by atoms with Crippen LogP contribution in [0.1, 0.15) is 26.2 Å². The number of rotatable bonds is 11. The first kappa shape index (κ1) is 19.8. The van der Waals surface area contributed by atoms with E-state index in [0.717, 1.165) is 25.0 Å². The molecule has 1 rings (SSSR count). The van der Waals surface area contributed by atoms with Crippen molar-refractivity contribution < 1.29 is 22.3 Å². The van der Waals surface area contributed by atoms with Gasteiger partial charge in [-0.2, -0.15) is 0 Å². The summed E-state index contributed by atoms with van der Waals surface area (Å²) in [6.45, 7) is 2.65. The summed E-state index contributed by atoms with van der Waals surface area (Å²) in [7, 11) is -2.42. The van der Waals surface area contributed by atoms with Gasteiger partial charge in [-0.1, -0.05) is 19.8 Å².